The molecule has 210 valence electrons. The number of benzene rings is 2. The van der Waals surface area contributed by atoms with Crippen LogP contribution in [0.5, 0.6) is 0 Å². The van der Waals surface area contributed by atoms with Gasteiger partial charge in [-0.3, -0.25) is 4.90 Å². The van der Waals surface area contributed by atoms with Crippen molar-refractivity contribution in [3.05, 3.63) is 146 Å². The molecule has 2 aromatic carbocycles. The molecule has 0 amide bonds. The summed E-state index contributed by atoms with van der Waals surface area (Å²) in [4.78, 5) is 12.9. The van der Waals surface area contributed by atoms with Crippen molar-refractivity contribution in [2.45, 2.75) is 40.0 Å². The van der Waals surface area contributed by atoms with Gasteiger partial charge in [-0.2, -0.15) is 0 Å². The van der Waals surface area contributed by atoms with Gasteiger partial charge in [-0.15, -0.1) is 11.3 Å². The van der Waals surface area contributed by atoms with E-state index in [0.29, 0.717) is 17.1 Å². The Hall–Kier alpha value is -5.17. The summed E-state index contributed by atoms with van der Waals surface area (Å²) in [5.74, 6) is 2.13. The average molecular weight is 579 g/mol. The van der Waals surface area contributed by atoms with Gasteiger partial charge in [0.05, 0.1) is 12.6 Å². The Kier molecular flexibility index (Phi) is 7.10. The van der Waals surface area contributed by atoms with E-state index in [1.165, 1.54) is 27.1 Å². The quantitative estimate of drug-likeness (QED) is 0.175. The standard InChI is InChI=1S/C37H30N4OS/c1-23-7-11-27(12-8-23)41(28-13-9-24(2)10-14-28)35-20-32-31(22-40-35)36-33(37(32,4)5)19-30(43-36)16-15-29-18-26(17-25(3)42-29)34(21-38)39-6/h7-20,22H,1-5H3/b16-15+,34-26-. The van der Waals surface area contributed by atoms with E-state index in [9.17, 15) is 5.26 Å². The van der Waals surface area contributed by atoms with Crippen molar-refractivity contribution in [3.63, 3.8) is 0 Å². The number of pyridine rings is 1. The van der Waals surface area contributed by atoms with E-state index < -0.39 is 0 Å². The highest BCUT2D eigenvalue weighted by molar-refractivity contribution is 7.16. The Balaban J connectivity index is 1.36. The maximum atomic E-state index is 9.29. The third kappa shape index (κ3) is 5.18. The molecule has 6 rings (SSSR count). The molecule has 43 heavy (non-hydrogen) atoms. The van der Waals surface area contributed by atoms with Crippen LogP contribution in [-0.2, 0) is 10.2 Å². The fraction of sp³-hybridized carbons (Fsp3) is 0.162. The highest BCUT2D eigenvalue weighted by Gasteiger charge is 2.38. The summed E-state index contributed by atoms with van der Waals surface area (Å²) in [7, 11) is 0. The first-order valence-corrected chi connectivity index (χ1v) is 14.9. The maximum absolute atomic E-state index is 9.29. The van der Waals surface area contributed by atoms with Crippen LogP contribution < -0.4 is 4.90 Å². The molecule has 0 saturated carbocycles. The number of nitriles is 1. The lowest BCUT2D eigenvalue weighted by molar-refractivity contribution is 0.318. The topological polar surface area (TPSA) is 53.5 Å². The SMILES string of the molecule is [C-]#[N+]/C(C#N)=C1/C=C(C)OC(/C=C/c2cc3c(s2)-c2cnc(N(c4ccc(C)cc4)c4ccc(C)cc4)cc2C3(C)C)=C1. The Morgan fingerprint density at radius 3 is 2.21 bits per heavy atom. The van der Waals surface area contributed by atoms with Crippen molar-refractivity contribution in [2.75, 3.05) is 4.90 Å². The largest absolute Gasteiger partial charge is 0.462 e. The third-order valence-corrected chi connectivity index (χ3v) is 9.02. The number of nitrogens with zero attached hydrogens (tertiary/aromatic N) is 4. The van der Waals surface area contributed by atoms with E-state index in [2.05, 4.69) is 98.1 Å². The zero-order chi connectivity index (χ0) is 30.3. The van der Waals surface area contributed by atoms with Gasteiger partial charge in [0.25, 0.3) is 5.70 Å². The van der Waals surface area contributed by atoms with E-state index in [0.717, 1.165) is 27.6 Å². The molecule has 0 spiro atoms. The molecule has 0 N–H and O–H groups in total. The molecule has 2 aliphatic rings. The van der Waals surface area contributed by atoms with Gasteiger partial charge in [0, 0.05) is 38.3 Å². The second-order valence-corrected chi connectivity index (χ2v) is 12.5. The summed E-state index contributed by atoms with van der Waals surface area (Å²) in [6, 6.07) is 23.6. The minimum atomic E-state index is -0.204. The van der Waals surface area contributed by atoms with Gasteiger partial charge in [0.15, 0.2) is 0 Å². The monoisotopic (exact) mass is 578 g/mol. The molecule has 3 heterocycles. The average Bonchev–Trinajstić information content (AvgIpc) is 3.51. The molecule has 0 bridgehead atoms. The van der Waals surface area contributed by atoms with Gasteiger partial charge in [-0.05, 0) is 98.2 Å². The molecule has 0 atom stereocenters. The van der Waals surface area contributed by atoms with Gasteiger partial charge in [0.2, 0.25) is 0 Å². The lowest BCUT2D eigenvalue weighted by Crippen LogP contribution is -2.17. The lowest BCUT2D eigenvalue weighted by atomic mass is 9.83. The van der Waals surface area contributed by atoms with E-state index >= 15 is 0 Å². The lowest BCUT2D eigenvalue weighted by Gasteiger charge is -2.27. The van der Waals surface area contributed by atoms with Crippen LogP contribution in [0.2, 0.25) is 0 Å². The van der Waals surface area contributed by atoms with Crippen LogP contribution in [-0.4, -0.2) is 4.98 Å². The molecule has 5 nitrogen and oxygen atoms in total. The number of anilines is 3. The zero-order valence-corrected chi connectivity index (χ0v) is 25.6. The smallest absolute Gasteiger partial charge is 0.269 e. The fourth-order valence-corrected chi connectivity index (χ4v) is 6.81. The van der Waals surface area contributed by atoms with Crippen LogP contribution in [0.4, 0.5) is 17.2 Å². The van der Waals surface area contributed by atoms with E-state index in [4.69, 9.17) is 16.3 Å². The molecule has 0 radical (unpaired) electrons. The summed E-state index contributed by atoms with van der Waals surface area (Å²) in [5, 5.41) is 9.29. The van der Waals surface area contributed by atoms with Gasteiger partial charge in [-0.25, -0.2) is 15.1 Å². The first-order valence-electron chi connectivity index (χ1n) is 14.0. The van der Waals surface area contributed by atoms with Crippen molar-refractivity contribution in [1.29, 1.82) is 5.26 Å². The van der Waals surface area contributed by atoms with Gasteiger partial charge >= 0.3 is 0 Å². The number of thiophene rings is 1. The molecular weight excluding hydrogens is 549 g/mol. The summed E-state index contributed by atoms with van der Waals surface area (Å²) < 4.78 is 5.85. The van der Waals surface area contributed by atoms with Crippen molar-refractivity contribution in [2.24, 2.45) is 0 Å². The number of aryl methyl sites for hydroxylation is 2. The summed E-state index contributed by atoms with van der Waals surface area (Å²) in [6.45, 7) is 17.8. The van der Waals surface area contributed by atoms with E-state index in [1.807, 2.05) is 31.3 Å². The second kappa shape index (κ2) is 10.9. The first kappa shape index (κ1) is 28.0. The van der Waals surface area contributed by atoms with Gasteiger partial charge < -0.3 is 4.74 Å². The molecule has 0 saturated heterocycles. The Morgan fingerprint density at radius 1 is 0.953 bits per heavy atom. The van der Waals surface area contributed by atoms with E-state index in [-0.39, 0.29) is 11.1 Å². The second-order valence-electron chi connectivity index (χ2n) is 11.4. The first-order chi connectivity index (χ1) is 20.7. The maximum Gasteiger partial charge on any atom is 0.269 e. The minimum Gasteiger partial charge on any atom is -0.462 e. The van der Waals surface area contributed by atoms with Crippen molar-refractivity contribution >= 4 is 34.6 Å². The predicted octanol–water partition coefficient (Wildman–Crippen LogP) is 10.1. The minimum absolute atomic E-state index is 0.0530. The molecule has 0 unspecified atom stereocenters. The highest BCUT2D eigenvalue weighted by atomic mass is 32.1. The molecule has 1 aliphatic carbocycles. The zero-order valence-electron chi connectivity index (χ0n) is 24.8. The van der Waals surface area contributed by atoms with Gasteiger partial charge in [-0.1, -0.05) is 49.2 Å². The number of ether oxygens (including phenoxy) is 1. The van der Waals surface area contributed by atoms with E-state index in [1.54, 1.807) is 23.5 Å². The van der Waals surface area contributed by atoms with Crippen molar-refractivity contribution in [1.82, 2.24) is 4.98 Å². The molecule has 0 fully saturated rings. The number of hydrogen-bond acceptors (Lipinski definition) is 5. The third-order valence-electron chi connectivity index (χ3n) is 7.88. The Bertz CT molecular complexity index is 1900. The Labute approximate surface area is 256 Å². The number of rotatable bonds is 5. The van der Waals surface area contributed by atoms with Crippen LogP contribution in [0.15, 0.2) is 108 Å². The predicted molar refractivity (Wildman–Crippen MR) is 175 cm³/mol. The van der Waals surface area contributed by atoms with Crippen molar-refractivity contribution in [3.8, 4) is 16.5 Å². The normalized spacial score (nSPS) is 15.9. The molecular formula is C37H30N4OS. The van der Waals surface area contributed by atoms with Crippen LogP contribution in [0.1, 0.15) is 47.9 Å². The summed E-state index contributed by atoms with van der Waals surface area (Å²) >= 11 is 1.73. The van der Waals surface area contributed by atoms with Crippen LogP contribution in [0.3, 0.4) is 0 Å². The number of aromatic nitrogens is 1. The fourth-order valence-electron chi connectivity index (χ4n) is 5.56. The number of hydrogen-bond donors (Lipinski definition) is 0. The number of fused-ring (bicyclic) bond motifs is 3. The molecule has 6 heteroatoms. The van der Waals surface area contributed by atoms with Crippen molar-refractivity contribution < 1.29 is 4.74 Å². The van der Waals surface area contributed by atoms with Crippen LogP contribution >= 0.6 is 11.3 Å². The number of allylic oxidation sites excluding steroid dienone is 6. The summed E-state index contributed by atoms with van der Waals surface area (Å²) in [6.07, 6.45) is 9.39. The summed E-state index contributed by atoms with van der Waals surface area (Å²) in [5.41, 5.74) is 8.69. The van der Waals surface area contributed by atoms with Gasteiger partial charge in [0.1, 0.15) is 17.3 Å². The van der Waals surface area contributed by atoms with Crippen LogP contribution in [0, 0.1) is 31.8 Å². The molecule has 4 aromatic rings. The Morgan fingerprint density at radius 2 is 1.60 bits per heavy atom. The van der Waals surface area contributed by atoms with Crippen LogP contribution in [0.25, 0.3) is 21.4 Å². The highest BCUT2D eigenvalue weighted by Crippen LogP contribution is 2.53. The molecule has 2 aromatic heterocycles. The molecule has 1 aliphatic heterocycles.